The molecule has 94 valence electrons. The zero-order valence-electron chi connectivity index (χ0n) is 9.45. The number of benzene rings is 1. The van der Waals surface area contributed by atoms with Gasteiger partial charge in [-0.15, -0.1) is 0 Å². The van der Waals surface area contributed by atoms with E-state index in [0.29, 0.717) is 12.1 Å². The summed E-state index contributed by atoms with van der Waals surface area (Å²) in [7, 11) is -0.394. The monoisotopic (exact) mass is 259 g/mol. The minimum Gasteiger partial charge on any atom is -0.305 e. The molecule has 0 heterocycles. The second-order valence-electron chi connectivity index (χ2n) is 3.88. The summed E-state index contributed by atoms with van der Waals surface area (Å²) in [6.07, 6.45) is 0. The lowest BCUT2D eigenvalue weighted by molar-refractivity contribution is -0.385. The van der Waals surface area contributed by atoms with Gasteiger partial charge in [0.05, 0.1) is 9.82 Å². The zero-order chi connectivity index (χ0) is 13.2. The van der Waals surface area contributed by atoms with Crippen LogP contribution in [0.15, 0.2) is 23.1 Å². The number of nitrogens with zero attached hydrogens (tertiary/aromatic N) is 2. The van der Waals surface area contributed by atoms with E-state index < -0.39 is 14.9 Å². The second-order valence-corrected chi connectivity index (χ2v) is 5.44. The lowest BCUT2D eigenvalue weighted by Gasteiger charge is -2.10. The fourth-order valence-corrected chi connectivity index (χ4v) is 1.97. The van der Waals surface area contributed by atoms with Gasteiger partial charge in [-0.05, 0) is 25.7 Å². The van der Waals surface area contributed by atoms with Crippen LogP contribution >= 0.6 is 0 Å². The standard InChI is InChI=1S/C9H13N3O4S/c1-11(2)6-7-3-8(12(13)14)5-9(4-7)17(10,15)16/h3-5H,6H2,1-2H3,(H2,10,15,16). The van der Waals surface area contributed by atoms with Crippen molar-refractivity contribution in [3.63, 3.8) is 0 Å². The number of non-ortho nitro benzene ring substituents is 1. The van der Waals surface area contributed by atoms with Crippen LogP contribution < -0.4 is 5.14 Å². The Bertz CT molecular complexity index is 539. The molecule has 1 rings (SSSR count). The third-order valence-corrected chi connectivity index (χ3v) is 2.88. The van der Waals surface area contributed by atoms with E-state index in [9.17, 15) is 18.5 Å². The summed E-state index contributed by atoms with van der Waals surface area (Å²) >= 11 is 0. The molecule has 7 nitrogen and oxygen atoms in total. The van der Waals surface area contributed by atoms with Gasteiger partial charge in [-0.1, -0.05) is 0 Å². The molecule has 0 unspecified atom stereocenters. The van der Waals surface area contributed by atoms with E-state index >= 15 is 0 Å². The summed E-state index contributed by atoms with van der Waals surface area (Å²) in [5.41, 5.74) is 0.238. The molecule has 0 atom stereocenters. The van der Waals surface area contributed by atoms with Crippen molar-refractivity contribution >= 4 is 15.7 Å². The fraction of sp³-hybridized carbons (Fsp3) is 0.333. The van der Waals surface area contributed by atoms with E-state index in [1.54, 1.807) is 19.0 Å². The Morgan fingerprint density at radius 2 is 1.94 bits per heavy atom. The molecule has 0 fully saturated rings. The molecule has 1 aromatic carbocycles. The highest BCUT2D eigenvalue weighted by molar-refractivity contribution is 7.89. The quantitative estimate of drug-likeness (QED) is 0.618. The van der Waals surface area contributed by atoms with Crippen LogP contribution in [0.4, 0.5) is 5.69 Å². The van der Waals surface area contributed by atoms with Gasteiger partial charge in [0.2, 0.25) is 10.0 Å². The van der Waals surface area contributed by atoms with Gasteiger partial charge in [-0.25, -0.2) is 13.6 Å². The van der Waals surface area contributed by atoms with Crippen molar-refractivity contribution in [2.24, 2.45) is 5.14 Å². The Labute approximate surface area is 99.0 Å². The van der Waals surface area contributed by atoms with Crippen molar-refractivity contribution < 1.29 is 13.3 Å². The summed E-state index contributed by atoms with van der Waals surface area (Å²) in [5.74, 6) is 0. The molecule has 17 heavy (non-hydrogen) atoms. The summed E-state index contributed by atoms with van der Waals surface area (Å²) in [4.78, 5) is 11.6. The molecule has 0 spiro atoms. The number of hydrogen-bond donors (Lipinski definition) is 1. The number of nitro benzene ring substituents is 1. The lowest BCUT2D eigenvalue weighted by atomic mass is 10.2. The number of primary sulfonamides is 1. The maximum absolute atomic E-state index is 11.2. The molecule has 0 saturated heterocycles. The van der Waals surface area contributed by atoms with Crippen molar-refractivity contribution in [3.05, 3.63) is 33.9 Å². The summed E-state index contributed by atoms with van der Waals surface area (Å²) in [6.45, 7) is 0.393. The molecular formula is C9H13N3O4S. The second kappa shape index (κ2) is 4.78. The predicted molar refractivity (Wildman–Crippen MR) is 61.9 cm³/mol. The molecule has 2 N–H and O–H groups in total. The maximum atomic E-state index is 11.2. The van der Waals surface area contributed by atoms with Crippen LogP contribution in [0.3, 0.4) is 0 Å². The Morgan fingerprint density at radius 1 is 1.35 bits per heavy atom. The van der Waals surface area contributed by atoms with Crippen molar-refractivity contribution in [2.45, 2.75) is 11.4 Å². The molecule has 1 aromatic rings. The van der Waals surface area contributed by atoms with E-state index in [0.717, 1.165) is 6.07 Å². The third-order valence-electron chi connectivity index (χ3n) is 1.99. The maximum Gasteiger partial charge on any atom is 0.271 e. The minimum atomic E-state index is -3.94. The first kappa shape index (κ1) is 13.6. The van der Waals surface area contributed by atoms with Crippen LogP contribution in [0.1, 0.15) is 5.56 Å². The Morgan fingerprint density at radius 3 is 2.35 bits per heavy atom. The van der Waals surface area contributed by atoms with Crippen molar-refractivity contribution in [2.75, 3.05) is 14.1 Å². The Hall–Kier alpha value is -1.51. The van der Waals surface area contributed by atoms with Crippen LogP contribution in [-0.2, 0) is 16.6 Å². The van der Waals surface area contributed by atoms with Gasteiger partial charge >= 0.3 is 0 Å². The molecule has 0 radical (unpaired) electrons. The van der Waals surface area contributed by atoms with E-state index in [2.05, 4.69) is 0 Å². The highest BCUT2D eigenvalue weighted by Gasteiger charge is 2.16. The van der Waals surface area contributed by atoms with Crippen LogP contribution in [0, 0.1) is 10.1 Å². The Kier molecular flexibility index (Phi) is 3.81. The van der Waals surface area contributed by atoms with Gasteiger partial charge in [0.15, 0.2) is 0 Å². The molecule has 8 heteroatoms. The first-order valence-corrected chi connectivity index (χ1v) is 6.20. The first-order chi connectivity index (χ1) is 7.70. The molecule has 0 aliphatic heterocycles. The third kappa shape index (κ3) is 3.77. The van der Waals surface area contributed by atoms with Crippen LogP contribution in [0.5, 0.6) is 0 Å². The van der Waals surface area contributed by atoms with E-state index in [1.807, 2.05) is 0 Å². The van der Waals surface area contributed by atoms with Crippen molar-refractivity contribution in [1.29, 1.82) is 0 Å². The van der Waals surface area contributed by atoms with Gasteiger partial charge in [0, 0.05) is 18.7 Å². The van der Waals surface area contributed by atoms with Crippen LogP contribution in [-0.4, -0.2) is 32.3 Å². The fourth-order valence-electron chi connectivity index (χ4n) is 1.37. The van der Waals surface area contributed by atoms with E-state index in [4.69, 9.17) is 5.14 Å². The van der Waals surface area contributed by atoms with E-state index in [-0.39, 0.29) is 10.6 Å². The highest BCUT2D eigenvalue weighted by atomic mass is 32.2. The number of rotatable bonds is 4. The van der Waals surface area contributed by atoms with Crippen molar-refractivity contribution in [1.82, 2.24) is 4.90 Å². The normalized spacial score (nSPS) is 11.8. The summed E-state index contributed by atoms with van der Waals surface area (Å²) in [5, 5.41) is 15.6. The SMILES string of the molecule is CN(C)Cc1cc([N+](=O)[O-])cc(S(N)(=O)=O)c1. The van der Waals surface area contributed by atoms with Crippen LogP contribution in [0.25, 0.3) is 0 Å². The first-order valence-electron chi connectivity index (χ1n) is 4.66. The molecule has 0 aliphatic carbocycles. The van der Waals surface area contributed by atoms with Gasteiger partial charge in [0.1, 0.15) is 0 Å². The van der Waals surface area contributed by atoms with Gasteiger partial charge in [-0.3, -0.25) is 10.1 Å². The average Bonchev–Trinajstić information content (AvgIpc) is 2.14. The van der Waals surface area contributed by atoms with Gasteiger partial charge in [0.25, 0.3) is 5.69 Å². The zero-order valence-corrected chi connectivity index (χ0v) is 10.3. The molecule has 0 aliphatic rings. The molecule has 0 saturated carbocycles. The van der Waals surface area contributed by atoms with Crippen molar-refractivity contribution in [3.8, 4) is 0 Å². The molecule has 0 amide bonds. The topological polar surface area (TPSA) is 107 Å². The minimum absolute atomic E-state index is 0.247. The number of hydrogen-bond acceptors (Lipinski definition) is 5. The van der Waals surface area contributed by atoms with E-state index in [1.165, 1.54) is 12.1 Å². The number of nitro groups is 1. The van der Waals surface area contributed by atoms with Gasteiger partial charge < -0.3 is 4.90 Å². The lowest BCUT2D eigenvalue weighted by Crippen LogP contribution is -2.15. The predicted octanol–water partition coefficient (Wildman–Crippen LogP) is 0.304. The Balaban J connectivity index is 3.34. The average molecular weight is 259 g/mol. The molecular weight excluding hydrogens is 246 g/mol. The van der Waals surface area contributed by atoms with Gasteiger partial charge in [-0.2, -0.15) is 0 Å². The summed E-state index contributed by atoms with van der Waals surface area (Å²) < 4.78 is 22.4. The summed E-state index contributed by atoms with van der Waals surface area (Å²) in [6, 6.07) is 3.62. The van der Waals surface area contributed by atoms with Crippen LogP contribution in [0.2, 0.25) is 0 Å². The molecule has 0 aromatic heterocycles. The largest absolute Gasteiger partial charge is 0.305 e. The highest BCUT2D eigenvalue weighted by Crippen LogP contribution is 2.20. The number of sulfonamides is 1. The molecule has 0 bridgehead atoms. The number of nitrogens with two attached hydrogens (primary N) is 1. The smallest absolute Gasteiger partial charge is 0.271 e.